The molecular weight excluding hydrogens is 200 g/mol. The van der Waals surface area contributed by atoms with E-state index in [0.29, 0.717) is 22.0 Å². The summed E-state index contributed by atoms with van der Waals surface area (Å²) in [6.07, 6.45) is 1.10. The van der Waals surface area contributed by atoms with Gasteiger partial charge in [-0.1, -0.05) is 18.2 Å². The molecule has 1 aromatic carbocycles. The van der Waals surface area contributed by atoms with E-state index in [4.69, 9.17) is 28.5 Å². The molecule has 0 saturated heterocycles. The van der Waals surface area contributed by atoms with Crippen LogP contribution in [0.2, 0.25) is 5.02 Å². The molecule has 0 aliphatic heterocycles. The molecule has 0 aliphatic rings. The van der Waals surface area contributed by atoms with Crippen molar-refractivity contribution in [3.8, 4) is 0 Å². The summed E-state index contributed by atoms with van der Waals surface area (Å²) in [6.45, 7) is 3.49. The second kappa shape index (κ2) is 4.02. The van der Waals surface area contributed by atoms with Gasteiger partial charge in [0, 0.05) is 17.5 Å². The van der Waals surface area contributed by atoms with E-state index in [9.17, 15) is 0 Å². The highest BCUT2D eigenvalue weighted by molar-refractivity contribution is 6.36. The fourth-order valence-corrected chi connectivity index (χ4v) is 1.30. The van der Waals surface area contributed by atoms with Gasteiger partial charge < -0.3 is 22.2 Å². The van der Waals surface area contributed by atoms with Gasteiger partial charge in [0.2, 0.25) is 0 Å². The molecule has 1 rings (SSSR count). The summed E-state index contributed by atoms with van der Waals surface area (Å²) >= 11 is 5.97. The Kier molecular flexibility index (Phi) is 2.99. The quantitative estimate of drug-likeness (QED) is 0.453. The van der Waals surface area contributed by atoms with E-state index < -0.39 is 0 Å². The number of hydrogen-bond donors (Lipinski definition) is 4. The normalized spacial score (nSPS) is 9.50. The molecule has 6 N–H and O–H groups in total. The predicted molar refractivity (Wildman–Crippen MR) is 60.7 cm³/mol. The molecule has 74 valence electrons. The number of hydrogen-bond acceptors (Lipinski definition) is 4. The van der Waals surface area contributed by atoms with Crippen LogP contribution < -0.4 is 16.8 Å². The molecule has 1 aromatic rings. The summed E-state index contributed by atoms with van der Waals surface area (Å²) in [5.41, 5.74) is 12.5. The Labute approximate surface area is 87.1 Å². The van der Waals surface area contributed by atoms with Crippen LogP contribution in [-0.4, -0.2) is 6.21 Å². The van der Waals surface area contributed by atoms with Crippen LogP contribution in [0.25, 0.3) is 0 Å². The monoisotopic (exact) mass is 210 g/mol. The van der Waals surface area contributed by atoms with Crippen molar-refractivity contribution >= 4 is 29.2 Å². The lowest BCUT2D eigenvalue weighted by atomic mass is 10.1. The van der Waals surface area contributed by atoms with Crippen LogP contribution in [0.5, 0.6) is 0 Å². The van der Waals surface area contributed by atoms with Crippen molar-refractivity contribution < 1.29 is 0 Å². The molecule has 0 saturated carbocycles. The van der Waals surface area contributed by atoms with Crippen LogP contribution in [0.15, 0.2) is 24.5 Å². The van der Waals surface area contributed by atoms with Gasteiger partial charge in [0.15, 0.2) is 0 Å². The summed E-state index contributed by atoms with van der Waals surface area (Å²) < 4.78 is 0. The van der Waals surface area contributed by atoms with E-state index in [1.807, 2.05) is 0 Å². The van der Waals surface area contributed by atoms with E-state index in [1.54, 1.807) is 12.1 Å². The fourth-order valence-electron chi connectivity index (χ4n) is 1.02. The number of nitrogens with one attached hydrogen (secondary N) is 2. The Bertz CT molecular complexity index is 387. The maximum absolute atomic E-state index is 7.13. The fraction of sp³-hybridized carbons (Fsp3) is 0. The lowest BCUT2D eigenvalue weighted by Gasteiger charge is -2.10. The molecule has 0 unspecified atom stereocenters. The second-order valence-corrected chi connectivity index (χ2v) is 3.10. The van der Waals surface area contributed by atoms with Gasteiger partial charge in [0.1, 0.15) is 0 Å². The van der Waals surface area contributed by atoms with Crippen molar-refractivity contribution in [2.24, 2.45) is 5.73 Å². The van der Waals surface area contributed by atoms with E-state index in [-0.39, 0.29) is 5.82 Å². The standard InChI is InChI=1S/C9H11ClN4/c1-5(12)14-8-3-2-7(13)6(4-11)9(8)10/h2-4,11,14H,1,12-13H2. The molecule has 0 aromatic heterocycles. The maximum Gasteiger partial charge on any atom is 0.0931 e. The summed E-state index contributed by atoms with van der Waals surface area (Å²) in [5.74, 6) is 0.285. The summed E-state index contributed by atoms with van der Waals surface area (Å²) in [5, 5.41) is 10.3. The van der Waals surface area contributed by atoms with E-state index >= 15 is 0 Å². The molecular formula is C9H11ClN4. The van der Waals surface area contributed by atoms with Gasteiger partial charge in [-0.05, 0) is 12.1 Å². The third-order valence-electron chi connectivity index (χ3n) is 1.65. The average molecular weight is 211 g/mol. The minimum absolute atomic E-state index is 0.285. The predicted octanol–water partition coefficient (Wildman–Crippen LogP) is 1.76. The van der Waals surface area contributed by atoms with E-state index in [0.717, 1.165) is 6.21 Å². The first-order chi connectivity index (χ1) is 6.56. The molecule has 14 heavy (non-hydrogen) atoms. The van der Waals surface area contributed by atoms with Crippen molar-refractivity contribution in [2.75, 3.05) is 11.1 Å². The highest BCUT2D eigenvalue weighted by Crippen LogP contribution is 2.29. The Balaban J connectivity index is 3.20. The molecule has 0 heterocycles. The van der Waals surface area contributed by atoms with Gasteiger partial charge in [-0.2, -0.15) is 0 Å². The van der Waals surface area contributed by atoms with Crippen molar-refractivity contribution in [3.05, 3.63) is 35.1 Å². The highest BCUT2D eigenvalue weighted by atomic mass is 35.5. The zero-order valence-electron chi connectivity index (χ0n) is 7.47. The molecule has 0 spiro atoms. The van der Waals surface area contributed by atoms with Gasteiger partial charge in [-0.3, -0.25) is 0 Å². The molecule has 0 amide bonds. The summed E-state index contributed by atoms with van der Waals surface area (Å²) in [4.78, 5) is 0. The minimum Gasteiger partial charge on any atom is -0.398 e. The molecule has 5 heteroatoms. The molecule has 0 bridgehead atoms. The minimum atomic E-state index is 0.285. The number of benzene rings is 1. The Morgan fingerprint density at radius 2 is 2.21 bits per heavy atom. The first-order valence-electron chi connectivity index (χ1n) is 3.86. The Morgan fingerprint density at radius 3 is 2.71 bits per heavy atom. The van der Waals surface area contributed by atoms with Crippen molar-refractivity contribution in [1.82, 2.24) is 0 Å². The van der Waals surface area contributed by atoms with Gasteiger partial charge in [-0.25, -0.2) is 0 Å². The molecule has 0 atom stereocenters. The van der Waals surface area contributed by atoms with E-state index in [1.165, 1.54) is 0 Å². The van der Waals surface area contributed by atoms with E-state index in [2.05, 4.69) is 11.9 Å². The molecule has 0 radical (unpaired) electrons. The van der Waals surface area contributed by atoms with Crippen molar-refractivity contribution in [2.45, 2.75) is 0 Å². The smallest absolute Gasteiger partial charge is 0.0931 e. The number of halogens is 1. The third kappa shape index (κ3) is 1.97. The van der Waals surface area contributed by atoms with Gasteiger partial charge in [0.25, 0.3) is 0 Å². The van der Waals surface area contributed by atoms with Crippen LogP contribution >= 0.6 is 11.6 Å². The first-order valence-corrected chi connectivity index (χ1v) is 4.24. The van der Waals surface area contributed by atoms with Gasteiger partial charge >= 0.3 is 0 Å². The molecule has 4 nitrogen and oxygen atoms in total. The molecule has 0 aliphatic carbocycles. The maximum atomic E-state index is 7.13. The SMILES string of the molecule is C=C(N)Nc1ccc(N)c(C=N)c1Cl. The highest BCUT2D eigenvalue weighted by Gasteiger charge is 2.07. The number of nitrogen functional groups attached to an aromatic ring is 1. The van der Waals surface area contributed by atoms with Crippen molar-refractivity contribution in [1.29, 1.82) is 5.41 Å². The zero-order valence-corrected chi connectivity index (χ0v) is 8.23. The van der Waals surface area contributed by atoms with Crippen LogP contribution in [-0.2, 0) is 0 Å². The lowest BCUT2D eigenvalue weighted by Crippen LogP contribution is -2.08. The lowest BCUT2D eigenvalue weighted by molar-refractivity contribution is 1.33. The number of anilines is 2. The Morgan fingerprint density at radius 1 is 1.57 bits per heavy atom. The van der Waals surface area contributed by atoms with Crippen LogP contribution in [0.4, 0.5) is 11.4 Å². The Hall–Kier alpha value is -1.68. The number of nitrogens with two attached hydrogens (primary N) is 2. The van der Waals surface area contributed by atoms with Crippen LogP contribution in [0.3, 0.4) is 0 Å². The second-order valence-electron chi connectivity index (χ2n) is 2.72. The van der Waals surface area contributed by atoms with Crippen LogP contribution in [0, 0.1) is 5.41 Å². The third-order valence-corrected chi connectivity index (χ3v) is 2.06. The van der Waals surface area contributed by atoms with Gasteiger partial charge in [0.05, 0.1) is 16.5 Å². The first kappa shape index (κ1) is 10.4. The van der Waals surface area contributed by atoms with Gasteiger partial charge in [-0.15, -0.1) is 0 Å². The summed E-state index contributed by atoms with van der Waals surface area (Å²) in [7, 11) is 0. The van der Waals surface area contributed by atoms with Crippen LogP contribution in [0.1, 0.15) is 5.56 Å². The van der Waals surface area contributed by atoms with Crippen molar-refractivity contribution in [3.63, 3.8) is 0 Å². The largest absolute Gasteiger partial charge is 0.398 e. The zero-order chi connectivity index (χ0) is 10.7. The summed E-state index contributed by atoms with van der Waals surface area (Å²) in [6, 6.07) is 3.33. The number of rotatable bonds is 3. The molecule has 0 fully saturated rings. The topological polar surface area (TPSA) is 87.9 Å². The average Bonchev–Trinajstić information content (AvgIpc) is 2.10.